The van der Waals surface area contributed by atoms with Gasteiger partial charge in [0.15, 0.2) is 0 Å². The van der Waals surface area contributed by atoms with Crippen LogP contribution in [0.1, 0.15) is 29.1 Å². The minimum atomic E-state index is -4.40. The molecule has 2 aromatic heterocycles. The highest BCUT2D eigenvalue weighted by Gasteiger charge is 2.30. The molecule has 0 aliphatic heterocycles. The minimum Gasteiger partial charge on any atom is -0.467 e. The van der Waals surface area contributed by atoms with Crippen LogP contribution >= 0.6 is 11.6 Å². The Bertz CT molecular complexity index is 1510. The summed E-state index contributed by atoms with van der Waals surface area (Å²) >= 11 is 6.05. The number of nitro groups is 1. The smallest absolute Gasteiger partial charge is 0.270 e. The van der Waals surface area contributed by atoms with Gasteiger partial charge >= 0.3 is 0 Å². The van der Waals surface area contributed by atoms with Gasteiger partial charge in [0.1, 0.15) is 16.5 Å². The molecule has 1 N–H and O–H groups in total. The zero-order valence-corrected chi connectivity index (χ0v) is 20.3. The lowest BCUT2D eigenvalue weighted by Gasteiger charge is -2.28. The van der Waals surface area contributed by atoms with Crippen molar-refractivity contribution >= 4 is 44.7 Å². The Labute approximate surface area is 211 Å². The molecule has 0 aliphatic rings. The maximum absolute atomic E-state index is 13.8. The van der Waals surface area contributed by atoms with E-state index in [9.17, 15) is 23.3 Å². The van der Waals surface area contributed by atoms with E-state index in [1.165, 1.54) is 29.5 Å². The van der Waals surface area contributed by atoms with Gasteiger partial charge in [-0.05, 0) is 49.4 Å². The molecule has 4 rings (SSSR count). The molecule has 0 radical (unpaired) electrons. The van der Waals surface area contributed by atoms with Gasteiger partial charge in [0.05, 0.1) is 33.5 Å². The lowest BCUT2D eigenvalue weighted by atomic mass is 10.1. The van der Waals surface area contributed by atoms with Gasteiger partial charge in [-0.3, -0.25) is 24.5 Å². The summed E-state index contributed by atoms with van der Waals surface area (Å²) in [4.78, 5) is 29.4. The molecular weight excluding hydrogens is 508 g/mol. The van der Waals surface area contributed by atoms with Gasteiger partial charge in [-0.1, -0.05) is 29.8 Å². The van der Waals surface area contributed by atoms with E-state index in [4.69, 9.17) is 16.0 Å². The molecule has 4 aromatic rings. The van der Waals surface area contributed by atoms with E-state index in [1.807, 2.05) is 0 Å². The molecular formula is C24H19ClN4O6S. The number of hydrogen-bond donors (Lipinski definition) is 1. The summed E-state index contributed by atoms with van der Waals surface area (Å²) in [5.74, 6) is 0.266. The first-order valence-corrected chi connectivity index (χ1v) is 12.4. The number of nitro benzene ring substituents is 1. The van der Waals surface area contributed by atoms with Crippen molar-refractivity contribution in [3.8, 4) is 0 Å². The Morgan fingerprint density at radius 3 is 2.53 bits per heavy atom. The molecule has 36 heavy (non-hydrogen) atoms. The highest BCUT2D eigenvalue weighted by Crippen LogP contribution is 2.32. The molecule has 0 unspecified atom stereocenters. The summed E-state index contributed by atoms with van der Waals surface area (Å²) < 4.78 is 34.2. The van der Waals surface area contributed by atoms with Crippen molar-refractivity contribution in [2.45, 2.75) is 17.9 Å². The number of rotatable bonds is 8. The van der Waals surface area contributed by atoms with Gasteiger partial charge < -0.3 is 4.42 Å². The second kappa shape index (κ2) is 10.2. The van der Waals surface area contributed by atoms with E-state index in [1.54, 1.807) is 49.4 Å². The maximum atomic E-state index is 13.8. The molecule has 1 amide bonds. The van der Waals surface area contributed by atoms with Gasteiger partial charge in [-0.15, -0.1) is 0 Å². The molecule has 184 valence electrons. The number of furan rings is 1. The largest absolute Gasteiger partial charge is 0.467 e. The fraction of sp³-hybridized carbons (Fsp3) is 0.0833. The molecule has 12 heteroatoms. The fourth-order valence-electron chi connectivity index (χ4n) is 3.53. The normalized spacial score (nSPS) is 12.1. The first kappa shape index (κ1) is 24.9. The number of non-ortho nitro benzene ring substituents is 1. The lowest BCUT2D eigenvalue weighted by Crippen LogP contribution is -2.34. The Hall–Kier alpha value is -4.22. The van der Waals surface area contributed by atoms with E-state index in [-0.39, 0.29) is 16.3 Å². The summed E-state index contributed by atoms with van der Waals surface area (Å²) in [7, 11) is -4.40. The molecule has 10 nitrogen and oxygen atoms in total. The van der Waals surface area contributed by atoms with E-state index < -0.39 is 37.5 Å². The van der Waals surface area contributed by atoms with Crippen LogP contribution in [0.25, 0.3) is 0 Å². The van der Waals surface area contributed by atoms with E-state index in [0.717, 1.165) is 18.2 Å². The number of halogens is 1. The van der Waals surface area contributed by atoms with Crippen LogP contribution < -0.4 is 9.62 Å². The van der Waals surface area contributed by atoms with Crippen LogP contribution in [0.2, 0.25) is 5.02 Å². The lowest BCUT2D eigenvalue weighted by molar-refractivity contribution is -0.385. The molecule has 0 saturated carbocycles. The Morgan fingerprint density at radius 2 is 1.86 bits per heavy atom. The van der Waals surface area contributed by atoms with E-state index in [2.05, 4.69) is 9.71 Å². The predicted molar refractivity (Wildman–Crippen MR) is 134 cm³/mol. The number of pyridine rings is 1. The molecule has 2 aromatic carbocycles. The first-order valence-electron chi connectivity index (χ1n) is 10.5. The Balaban J connectivity index is 1.76. The molecule has 2 heterocycles. The van der Waals surface area contributed by atoms with Crippen molar-refractivity contribution in [2.24, 2.45) is 0 Å². The number of benzene rings is 2. The highest BCUT2D eigenvalue weighted by atomic mass is 35.5. The highest BCUT2D eigenvalue weighted by molar-refractivity contribution is 7.92. The maximum Gasteiger partial charge on any atom is 0.270 e. The number of sulfonamides is 1. The number of amides is 1. The topological polar surface area (TPSA) is 136 Å². The number of carbonyl (C=O) groups excluding carboxylic acids is 1. The van der Waals surface area contributed by atoms with Crippen LogP contribution in [0.4, 0.5) is 17.2 Å². The van der Waals surface area contributed by atoms with Crippen LogP contribution in [-0.4, -0.2) is 24.2 Å². The van der Waals surface area contributed by atoms with Gasteiger partial charge in [0.2, 0.25) is 0 Å². The summed E-state index contributed by atoms with van der Waals surface area (Å²) in [6, 6.07) is 17.0. The molecule has 0 fully saturated rings. The van der Waals surface area contributed by atoms with Crippen molar-refractivity contribution in [3.05, 3.63) is 112 Å². The molecule has 0 spiro atoms. The molecule has 1 atom stereocenters. The third kappa shape index (κ3) is 5.07. The van der Waals surface area contributed by atoms with Gasteiger partial charge in [-0.2, -0.15) is 0 Å². The number of nitrogens with one attached hydrogen (secondary N) is 1. The summed E-state index contributed by atoms with van der Waals surface area (Å²) in [6.07, 6.45) is 3.02. The summed E-state index contributed by atoms with van der Waals surface area (Å²) in [5, 5.41) is 10.9. The Morgan fingerprint density at radius 1 is 1.11 bits per heavy atom. The SMILES string of the molecule is C[C@H](c1ccco1)N(C(=O)c1ccccc1NS(=O)(=O)c1cc([N+](=O)[O-])ccc1Cl)c1ccccn1. The van der Waals surface area contributed by atoms with Crippen molar-refractivity contribution in [3.63, 3.8) is 0 Å². The molecule has 0 saturated heterocycles. The van der Waals surface area contributed by atoms with Crippen LogP contribution in [0.5, 0.6) is 0 Å². The minimum absolute atomic E-state index is 0.0201. The zero-order chi connectivity index (χ0) is 25.9. The number of para-hydroxylation sites is 1. The van der Waals surface area contributed by atoms with Crippen molar-refractivity contribution in [2.75, 3.05) is 9.62 Å². The standard InChI is InChI=1S/C24H19ClN4O6S/c1-16(21-9-6-14-35-21)28(23-10-4-5-13-26-23)24(30)18-7-2-3-8-20(18)27-36(33,34)22-15-17(29(31)32)11-12-19(22)25/h2-16,27H,1H3/t16-/m1/s1. The third-order valence-corrected chi connectivity index (χ3v) is 7.12. The molecule has 0 bridgehead atoms. The first-order chi connectivity index (χ1) is 17.2. The quantitative estimate of drug-likeness (QED) is 0.238. The summed E-state index contributed by atoms with van der Waals surface area (Å²) in [5.41, 5.74) is -0.470. The number of hydrogen-bond acceptors (Lipinski definition) is 7. The van der Waals surface area contributed by atoms with Crippen molar-refractivity contribution in [1.29, 1.82) is 0 Å². The number of anilines is 2. The van der Waals surface area contributed by atoms with Gasteiger partial charge in [0, 0.05) is 18.3 Å². The van der Waals surface area contributed by atoms with Crippen LogP contribution in [0.3, 0.4) is 0 Å². The predicted octanol–water partition coefficient (Wildman–Crippen LogP) is 5.45. The van der Waals surface area contributed by atoms with E-state index in [0.29, 0.717) is 11.6 Å². The third-order valence-electron chi connectivity index (χ3n) is 5.27. The van der Waals surface area contributed by atoms with Crippen LogP contribution in [0, 0.1) is 10.1 Å². The summed E-state index contributed by atoms with van der Waals surface area (Å²) in [6.45, 7) is 1.75. The second-order valence-corrected chi connectivity index (χ2v) is 9.64. The van der Waals surface area contributed by atoms with Crippen LogP contribution in [-0.2, 0) is 10.0 Å². The average molecular weight is 527 g/mol. The van der Waals surface area contributed by atoms with Crippen LogP contribution in [0.15, 0.2) is 94.6 Å². The average Bonchev–Trinajstić information content (AvgIpc) is 3.40. The van der Waals surface area contributed by atoms with Gasteiger partial charge in [-0.25, -0.2) is 13.4 Å². The monoisotopic (exact) mass is 526 g/mol. The number of carbonyl (C=O) groups is 1. The zero-order valence-electron chi connectivity index (χ0n) is 18.7. The van der Waals surface area contributed by atoms with Crippen molar-refractivity contribution in [1.82, 2.24) is 4.98 Å². The number of aromatic nitrogens is 1. The Kier molecular flexibility index (Phi) is 7.04. The second-order valence-electron chi connectivity index (χ2n) is 7.58. The van der Waals surface area contributed by atoms with Crippen molar-refractivity contribution < 1.29 is 22.6 Å². The van der Waals surface area contributed by atoms with E-state index >= 15 is 0 Å². The van der Waals surface area contributed by atoms with Gasteiger partial charge in [0.25, 0.3) is 21.6 Å². The molecule has 0 aliphatic carbocycles. The fourth-order valence-corrected chi connectivity index (χ4v) is 5.13. The number of nitrogens with zero attached hydrogens (tertiary/aromatic N) is 3.